The highest BCUT2D eigenvalue weighted by atomic mass is 31.2. The molecule has 0 aliphatic heterocycles. The minimum Gasteiger partial charge on any atom is -0.309 e. The zero-order chi connectivity index (χ0) is 33.2. The van der Waals surface area contributed by atoms with Crippen molar-refractivity contribution in [3.05, 3.63) is 139 Å². The highest BCUT2D eigenvalue weighted by Crippen LogP contribution is 2.51. The Morgan fingerprint density at radius 3 is 1.10 bits per heavy atom. The lowest BCUT2D eigenvalue weighted by molar-refractivity contribution is -0.142. The van der Waals surface area contributed by atoms with Crippen LogP contribution in [0.3, 0.4) is 0 Å². The van der Waals surface area contributed by atoms with Crippen molar-refractivity contribution >= 4 is 87.7 Å². The number of benzene rings is 9. The fourth-order valence-corrected chi connectivity index (χ4v) is 10.6. The molecule has 0 fully saturated rings. The molecule has 0 amide bonds. The Hall–Kier alpha value is -5.13. The molecule has 0 N–H and O–H groups in total. The third-order valence-corrected chi connectivity index (χ3v) is 12.7. The normalized spacial score (nSPS) is 13.3. The van der Waals surface area contributed by atoms with E-state index >= 15 is 4.57 Å². The number of rotatable bonds is 3. The second kappa shape index (κ2) is 9.71. The fourth-order valence-electron chi connectivity index (χ4n) is 7.52. The number of halogens is 6. The SMILES string of the molecule is O=P(c1cc(C(F)(F)F)cc(C(F)(F)F)c1)(c1ccc2ccc3cccc4ccc1c2c34)c1ccc2ccc3cccc4ccc1c2c34. The maximum atomic E-state index is 16.3. The Labute approximate surface area is 269 Å². The average molecular weight is 663 g/mol. The van der Waals surface area contributed by atoms with Crippen molar-refractivity contribution in [2.45, 2.75) is 12.4 Å². The Kier molecular flexibility index (Phi) is 5.87. The van der Waals surface area contributed by atoms with Gasteiger partial charge in [0.2, 0.25) is 0 Å². The summed E-state index contributed by atoms with van der Waals surface area (Å²) in [6.07, 6.45) is -10.2. The molecule has 9 aromatic rings. The van der Waals surface area contributed by atoms with Gasteiger partial charge in [0, 0.05) is 15.9 Å². The van der Waals surface area contributed by atoms with E-state index in [-0.39, 0.29) is 16.7 Å². The zero-order valence-electron chi connectivity index (χ0n) is 24.7. The van der Waals surface area contributed by atoms with E-state index in [0.29, 0.717) is 22.9 Å². The van der Waals surface area contributed by atoms with Crippen LogP contribution in [-0.4, -0.2) is 0 Å². The highest BCUT2D eigenvalue weighted by Gasteiger charge is 2.41. The third-order valence-electron chi connectivity index (χ3n) is 9.63. The third kappa shape index (κ3) is 4.04. The number of alkyl halides is 6. The van der Waals surface area contributed by atoms with Crippen molar-refractivity contribution < 1.29 is 30.9 Å². The molecule has 0 unspecified atom stereocenters. The van der Waals surface area contributed by atoms with Crippen molar-refractivity contribution in [2.24, 2.45) is 0 Å². The molecule has 0 atom stereocenters. The van der Waals surface area contributed by atoms with Crippen LogP contribution in [0.15, 0.2) is 127 Å². The van der Waals surface area contributed by atoms with E-state index < -0.39 is 35.9 Å². The van der Waals surface area contributed by atoms with Crippen LogP contribution in [0.25, 0.3) is 64.6 Å². The topological polar surface area (TPSA) is 17.1 Å². The molecule has 0 bridgehead atoms. The molecule has 0 aliphatic carbocycles. The summed E-state index contributed by atoms with van der Waals surface area (Å²) in [6, 6.07) is 34.7. The van der Waals surface area contributed by atoms with E-state index in [1.54, 1.807) is 36.4 Å². The summed E-state index contributed by atoms with van der Waals surface area (Å²) in [6.45, 7) is 0. The van der Waals surface area contributed by atoms with Gasteiger partial charge in [-0.2, -0.15) is 26.3 Å². The molecule has 0 spiro atoms. The maximum absolute atomic E-state index is 16.3. The Bertz CT molecular complexity index is 2580. The molecule has 48 heavy (non-hydrogen) atoms. The first-order valence-electron chi connectivity index (χ1n) is 15.2. The molecule has 234 valence electrons. The minimum atomic E-state index is -5.12. The lowest BCUT2D eigenvalue weighted by atomic mass is 9.94. The molecular formula is C40H21F6OP. The van der Waals surface area contributed by atoms with Crippen LogP contribution in [-0.2, 0) is 16.9 Å². The van der Waals surface area contributed by atoms with E-state index in [9.17, 15) is 26.3 Å². The zero-order valence-corrected chi connectivity index (χ0v) is 25.6. The van der Waals surface area contributed by atoms with Crippen molar-refractivity contribution in [1.82, 2.24) is 0 Å². The van der Waals surface area contributed by atoms with Gasteiger partial charge in [0.15, 0.2) is 7.14 Å². The molecule has 0 aromatic heterocycles. The van der Waals surface area contributed by atoms with Gasteiger partial charge in [-0.05, 0) is 95.0 Å². The van der Waals surface area contributed by atoms with Crippen LogP contribution in [0.2, 0.25) is 0 Å². The van der Waals surface area contributed by atoms with E-state index in [2.05, 4.69) is 0 Å². The van der Waals surface area contributed by atoms with Crippen molar-refractivity contribution in [3.63, 3.8) is 0 Å². The van der Waals surface area contributed by atoms with Crippen molar-refractivity contribution in [2.75, 3.05) is 0 Å². The Morgan fingerprint density at radius 1 is 0.396 bits per heavy atom. The number of hydrogen-bond acceptors (Lipinski definition) is 1. The first kappa shape index (κ1) is 29.0. The van der Waals surface area contributed by atoms with Gasteiger partial charge in [0.05, 0.1) is 11.1 Å². The molecular weight excluding hydrogens is 641 g/mol. The molecule has 1 nitrogen and oxygen atoms in total. The lowest BCUT2D eigenvalue weighted by Gasteiger charge is -2.26. The summed E-state index contributed by atoms with van der Waals surface area (Å²) in [5, 5.41) is 9.42. The van der Waals surface area contributed by atoms with Crippen LogP contribution in [0.1, 0.15) is 11.1 Å². The van der Waals surface area contributed by atoms with Gasteiger partial charge in [-0.1, -0.05) is 97.1 Å². The number of hydrogen-bond donors (Lipinski definition) is 0. The van der Waals surface area contributed by atoms with E-state index in [1.165, 1.54) is 0 Å². The lowest BCUT2D eigenvalue weighted by Crippen LogP contribution is -2.28. The first-order chi connectivity index (χ1) is 22.9. The average Bonchev–Trinajstić information content (AvgIpc) is 3.08. The van der Waals surface area contributed by atoms with Crippen molar-refractivity contribution in [1.29, 1.82) is 0 Å². The largest absolute Gasteiger partial charge is 0.416 e. The summed E-state index contributed by atoms with van der Waals surface area (Å²) in [5.41, 5.74) is -3.02. The summed E-state index contributed by atoms with van der Waals surface area (Å²) in [4.78, 5) is 0. The summed E-state index contributed by atoms with van der Waals surface area (Å²) in [7, 11) is -4.49. The second-order valence-corrected chi connectivity index (χ2v) is 15.0. The van der Waals surface area contributed by atoms with E-state index in [4.69, 9.17) is 0 Å². The smallest absolute Gasteiger partial charge is 0.309 e. The van der Waals surface area contributed by atoms with Crippen LogP contribution in [0, 0.1) is 0 Å². The predicted molar refractivity (Wildman–Crippen MR) is 183 cm³/mol. The molecule has 0 radical (unpaired) electrons. The summed E-state index contributed by atoms with van der Waals surface area (Å²) < 4.78 is 102. The fraction of sp³-hybridized carbons (Fsp3) is 0.0500. The maximum Gasteiger partial charge on any atom is 0.416 e. The molecule has 0 aliphatic rings. The van der Waals surface area contributed by atoms with E-state index in [0.717, 1.165) is 53.9 Å². The van der Waals surface area contributed by atoms with Gasteiger partial charge in [-0.25, -0.2) is 0 Å². The van der Waals surface area contributed by atoms with Crippen molar-refractivity contribution in [3.8, 4) is 0 Å². The summed E-state index contributed by atoms with van der Waals surface area (Å²) >= 11 is 0. The molecule has 0 heterocycles. The molecule has 0 saturated heterocycles. The van der Waals surface area contributed by atoms with Crippen LogP contribution in [0.5, 0.6) is 0 Å². The first-order valence-corrected chi connectivity index (χ1v) is 16.9. The highest BCUT2D eigenvalue weighted by molar-refractivity contribution is 7.86. The van der Waals surface area contributed by atoms with Crippen LogP contribution in [0.4, 0.5) is 26.3 Å². The molecule has 9 rings (SSSR count). The Morgan fingerprint density at radius 2 is 0.729 bits per heavy atom. The standard InChI is InChI=1S/C40H21F6OP/c41-39(42,43)28-19-29(40(44,45)46)21-30(20-28)48(47,33-17-13-26-9-7-22-3-1-5-24-11-15-31(33)37(26)35(22)24)34-18-14-27-10-8-23-4-2-6-25-12-16-32(34)38(27)36(23)25/h1-21H. The van der Waals surface area contributed by atoms with Gasteiger partial charge in [0.25, 0.3) is 0 Å². The van der Waals surface area contributed by atoms with Gasteiger partial charge in [-0.15, -0.1) is 0 Å². The Balaban J connectivity index is 1.48. The minimum absolute atomic E-state index is 0.0854. The quantitative estimate of drug-likeness (QED) is 0.105. The van der Waals surface area contributed by atoms with Gasteiger partial charge in [-0.3, -0.25) is 0 Å². The molecule has 8 heteroatoms. The monoisotopic (exact) mass is 662 g/mol. The second-order valence-electron chi connectivity index (χ2n) is 12.3. The van der Waals surface area contributed by atoms with Crippen LogP contribution >= 0.6 is 7.14 Å². The molecule has 9 aromatic carbocycles. The van der Waals surface area contributed by atoms with Crippen LogP contribution < -0.4 is 15.9 Å². The predicted octanol–water partition coefficient (Wildman–Crippen LogP) is 11.2. The molecule has 0 saturated carbocycles. The van der Waals surface area contributed by atoms with Gasteiger partial charge < -0.3 is 4.57 Å². The van der Waals surface area contributed by atoms with E-state index in [1.807, 2.05) is 72.8 Å². The summed E-state index contributed by atoms with van der Waals surface area (Å²) in [5.74, 6) is 0. The van der Waals surface area contributed by atoms with Gasteiger partial charge in [0.1, 0.15) is 0 Å². The van der Waals surface area contributed by atoms with Gasteiger partial charge >= 0.3 is 12.4 Å².